The van der Waals surface area contributed by atoms with Gasteiger partial charge in [-0.05, 0) is 32.6 Å². The molecular formula is C13H19N5O3. The van der Waals surface area contributed by atoms with Crippen LogP contribution in [0.25, 0.3) is 0 Å². The minimum atomic E-state index is -0.487. The monoisotopic (exact) mass is 293 g/mol. The first-order valence-electron chi connectivity index (χ1n) is 6.83. The quantitative estimate of drug-likeness (QED) is 0.271. The second-order valence-corrected chi connectivity index (χ2v) is 5.50. The lowest BCUT2D eigenvalue weighted by Gasteiger charge is -2.27. The molecule has 21 heavy (non-hydrogen) atoms. The number of anilines is 1. The summed E-state index contributed by atoms with van der Waals surface area (Å²) in [5, 5.41) is 22.8. The van der Waals surface area contributed by atoms with Gasteiger partial charge in [-0.1, -0.05) is 5.16 Å². The molecule has 2 rings (SSSR count). The van der Waals surface area contributed by atoms with Gasteiger partial charge in [-0.3, -0.25) is 10.1 Å². The number of pyridine rings is 1. The third-order valence-corrected chi connectivity index (χ3v) is 3.49. The molecule has 0 atom stereocenters. The summed E-state index contributed by atoms with van der Waals surface area (Å²) >= 11 is 0. The summed E-state index contributed by atoms with van der Waals surface area (Å²) in [5.74, 6) is 0.712. The van der Waals surface area contributed by atoms with Gasteiger partial charge < -0.3 is 15.8 Å². The van der Waals surface area contributed by atoms with Crippen molar-refractivity contribution in [2.45, 2.75) is 32.7 Å². The SMILES string of the molecule is CC(C)N(CC1CC1)c1ncc(C(N)=NO)cc1[N+](=O)[O-]. The molecule has 0 amide bonds. The fourth-order valence-electron chi connectivity index (χ4n) is 2.12. The summed E-state index contributed by atoms with van der Waals surface area (Å²) < 4.78 is 0. The number of oxime groups is 1. The van der Waals surface area contributed by atoms with Gasteiger partial charge in [0.1, 0.15) is 0 Å². The first kappa shape index (κ1) is 15.0. The van der Waals surface area contributed by atoms with Gasteiger partial charge in [-0.2, -0.15) is 0 Å². The second-order valence-electron chi connectivity index (χ2n) is 5.50. The summed E-state index contributed by atoms with van der Waals surface area (Å²) in [5.41, 5.74) is 5.56. The van der Waals surface area contributed by atoms with Crippen LogP contribution in [0.4, 0.5) is 11.5 Å². The van der Waals surface area contributed by atoms with Crippen molar-refractivity contribution >= 4 is 17.3 Å². The predicted octanol–water partition coefficient (Wildman–Crippen LogP) is 1.71. The molecule has 0 saturated heterocycles. The lowest BCUT2D eigenvalue weighted by atomic mass is 10.2. The molecule has 0 unspecified atom stereocenters. The molecule has 0 aromatic carbocycles. The number of nitrogens with zero attached hydrogens (tertiary/aromatic N) is 4. The van der Waals surface area contributed by atoms with E-state index in [9.17, 15) is 10.1 Å². The molecule has 3 N–H and O–H groups in total. The molecule has 1 aliphatic rings. The normalized spacial score (nSPS) is 15.3. The maximum atomic E-state index is 11.3. The van der Waals surface area contributed by atoms with Crippen molar-refractivity contribution < 1.29 is 10.1 Å². The van der Waals surface area contributed by atoms with Crippen LogP contribution < -0.4 is 10.6 Å². The maximum absolute atomic E-state index is 11.3. The Morgan fingerprint density at radius 2 is 2.33 bits per heavy atom. The Morgan fingerprint density at radius 1 is 1.67 bits per heavy atom. The predicted molar refractivity (Wildman–Crippen MR) is 78.6 cm³/mol. The highest BCUT2D eigenvalue weighted by atomic mass is 16.6. The molecule has 0 spiro atoms. The van der Waals surface area contributed by atoms with Crippen LogP contribution in [0.5, 0.6) is 0 Å². The van der Waals surface area contributed by atoms with Crippen molar-refractivity contribution in [3.63, 3.8) is 0 Å². The van der Waals surface area contributed by atoms with E-state index in [1.807, 2.05) is 18.7 Å². The van der Waals surface area contributed by atoms with Crippen LogP contribution in [0.1, 0.15) is 32.3 Å². The molecule has 8 nitrogen and oxygen atoms in total. The molecule has 1 aromatic heterocycles. The van der Waals surface area contributed by atoms with Crippen LogP contribution >= 0.6 is 0 Å². The summed E-state index contributed by atoms with van der Waals surface area (Å²) in [6.45, 7) is 4.71. The first-order valence-corrected chi connectivity index (χ1v) is 6.83. The van der Waals surface area contributed by atoms with Crippen LogP contribution in [0, 0.1) is 16.0 Å². The summed E-state index contributed by atoms with van der Waals surface area (Å²) in [6, 6.07) is 1.39. The Kier molecular flexibility index (Phi) is 4.25. The molecule has 1 saturated carbocycles. The Balaban J connectivity index is 2.42. The number of nitro groups is 1. The third-order valence-electron chi connectivity index (χ3n) is 3.49. The van der Waals surface area contributed by atoms with Gasteiger partial charge in [0, 0.05) is 30.4 Å². The molecule has 1 fully saturated rings. The highest BCUT2D eigenvalue weighted by molar-refractivity contribution is 5.97. The van der Waals surface area contributed by atoms with Crippen molar-refractivity contribution in [3.05, 3.63) is 27.9 Å². The molecule has 0 radical (unpaired) electrons. The Hall–Kier alpha value is -2.38. The molecule has 8 heteroatoms. The van der Waals surface area contributed by atoms with Gasteiger partial charge in [0.2, 0.25) is 5.82 Å². The average Bonchev–Trinajstić information content (AvgIpc) is 3.27. The Bertz CT molecular complexity index is 569. The van der Waals surface area contributed by atoms with Crippen LogP contribution in [-0.2, 0) is 0 Å². The van der Waals surface area contributed by atoms with E-state index < -0.39 is 4.92 Å². The highest BCUT2D eigenvalue weighted by Crippen LogP contribution is 2.35. The zero-order chi connectivity index (χ0) is 15.6. The molecule has 1 heterocycles. The zero-order valence-electron chi connectivity index (χ0n) is 12.1. The topological polar surface area (TPSA) is 118 Å². The van der Waals surface area contributed by atoms with E-state index in [-0.39, 0.29) is 23.1 Å². The molecule has 1 aromatic rings. The van der Waals surface area contributed by atoms with E-state index in [2.05, 4.69) is 10.1 Å². The molecule has 114 valence electrons. The van der Waals surface area contributed by atoms with Crippen LogP contribution in [0.2, 0.25) is 0 Å². The fourth-order valence-corrected chi connectivity index (χ4v) is 2.12. The van der Waals surface area contributed by atoms with Crippen LogP contribution in [-0.4, -0.2) is 33.5 Å². The van der Waals surface area contributed by atoms with Gasteiger partial charge in [-0.15, -0.1) is 0 Å². The Labute approximate surface area is 122 Å². The summed E-state index contributed by atoms with van der Waals surface area (Å²) in [7, 11) is 0. The minimum absolute atomic E-state index is 0.103. The third kappa shape index (κ3) is 3.39. The van der Waals surface area contributed by atoms with Crippen molar-refractivity contribution in [1.82, 2.24) is 4.98 Å². The number of hydrogen-bond acceptors (Lipinski definition) is 6. The first-order chi connectivity index (χ1) is 9.93. The van der Waals surface area contributed by atoms with E-state index in [1.54, 1.807) is 0 Å². The number of nitrogens with two attached hydrogens (primary N) is 1. The van der Waals surface area contributed by atoms with E-state index >= 15 is 0 Å². The van der Waals surface area contributed by atoms with Gasteiger partial charge >= 0.3 is 5.69 Å². The van der Waals surface area contributed by atoms with Crippen molar-refractivity contribution in [2.75, 3.05) is 11.4 Å². The summed E-state index contributed by atoms with van der Waals surface area (Å²) in [6.07, 6.45) is 3.69. The van der Waals surface area contributed by atoms with E-state index in [0.717, 1.165) is 19.4 Å². The van der Waals surface area contributed by atoms with Gasteiger partial charge in [-0.25, -0.2) is 4.98 Å². The van der Waals surface area contributed by atoms with E-state index in [4.69, 9.17) is 10.9 Å². The van der Waals surface area contributed by atoms with E-state index in [1.165, 1.54) is 12.3 Å². The second kappa shape index (κ2) is 5.94. The lowest BCUT2D eigenvalue weighted by Crippen LogP contribution is -2.34. The van der Waals surface area contributed by atoms with Crippen molar-refractivity contribution in [2.24, 2.45) is 16.8 Å². The maximum Gasteiger partial charge on any atom is 0.312 e. The van der Waals surface area contributed by atoms with Crippen LogP contribution in [0.3, 0.4) is 0 Å². The van der Waals surface area contributed by atoms with E-state index in [0.29, 0.717) is 11.7 Å². The number of hydrogen-bond donors (Lipinski definition) is 2. The smallest absolute Gasteiger partial charge is 0.312 e. The lowest BCUT2D eigenvalue weighted by molar-refractivity contribution is -0.384. The molecule has 0 aliphatic heterocycles. The minimum Gasteiger partial charge on any atom is -0.409 e. The van der Waals surface area contributed by atoms with Crippen molar-refractivity contribution in [3.8, 4) is 0 Å². The molecular weight excluding hydrogens is 274 g/mol. The number of aromatic nitrogens is 1. The van der Waals surface area contributed by atoms with Gasteiger partial charge in [0.05, 0.1) is 4.92 Å². The number of amidine groups is 1. The largest absolute Gasteiger partial charge is 0.409 e. The van der Waals surface area contributed by atoms with Gasteiger partial charge in [0.15, 0.2) is 5.84 Å². The molecule has 1 aliphatic carbocycles. The average molecular weight is 293 g/mol. The fraction of sp³-hybridized carbons (Fsp3) is 0.538. The zero-order valence-corrected chi connectivity index (χ0v) is 12.1. The molecule has 0 bridgehead atoms. The van der Waals surface area contributed by atoms with Crippen LogP contribution in [0.15, 0.2) is 17.4 Å². The Morgan fingerprint density at radius 3 is 2.81 bits per heavy atom. The highest BCUT2D eigenvalue weighted by Gasteiger charge is 2.30. The summed E-state index contributed by atoms with van der Waals surface area (Å²) in [4.78, 5) is 16.9. The standard InChI is InChI=1S/C13H19N5O3/c1-8(2)17(7-9-3-4-9)13-11(18(20)21)5-10(6-15-13)12(14)16-19/h5-6,8-9,19H,3-4,7H2,1-2H3,(H2,14,16). The van der Waals surface area contributed by atoms with Crippen molar-refractivity contribution in [1.29, 1.82) is 0 Å². The van der Waals surface area contributed by atoms with Gasteiger partial charge in [0.25, 0.3) is 0 Å². The number of rotatable bonds is 6.